The van der Waals surface area contributed by atoms with E-state index < -0.39 is 10.8 Å². The Hall–Kier alpha value is -0.850. The van der Waals surface area contributed by atoms with Crippen molar-refractivity contribution in [2.45, 2.75) is 36.2 Å². The van der Waals surface area contributed by atoms with Crippen molar-refractivity contribution >= 4 is 28.5 Å². The second kappa shape index (κ2) is 6.94. The minimum atomic E-state index is -0.934. The van der Waals surface area contributed by atoms with E-state index in [4.69, 9.17) is 0 Å². The fraction of sp³-hybridized carbons (Fsp3) is 0.533. The van der Waals surface area contributed by atoms with Crippen LogP contribution in [-0.4, -0.2) is 45.4 Å². The molecule has 1 heterocycles. The van der Waals surface area contributed by atoms with Gasteiger partial charge in [0.1, 0.15) is 6.17 Å². The summed E-state index contributed by atoms with van der Waals surface area (Å²) < 4.78 is 11.6. The van der Waals surface area contributed by atoms with Crippen molar-refractivity contribution in [1.29, 1.82) is 0 Å². The maximum atomic E-state index is 12.3. The van der Waals surface area contributed by atoms with Crippen molar-refractivity contribution in [3.63, 3.8) is 0 Å². The number of carbonyl (C=O) groups is 1. The number of nitrogens with one attached hydrogen (secondary N) is 1. The van der Waals surface area contributed by atoms with Crippen molar-refractivity contribution in [2.75, 3.05) is 19.1 Å². The first kappa shape index (κ1) is 16.5. The topological polar surface area (TPSA) is 49.4 Å². The molecular weight excluding hydrogens is 304 g/mol. The first-order valence-electron chi connectivity index (χ1n) is 6.96. The molecule has 0 spiro atoms. The van der Waals surface area contributed by atoms with E-state index in [1.165, 1.54) is 4.90 Å². The van der Waals surface area contributed by atoms with Crippen molar-refractivity contribution in [2.24, 2.45) is 0 Å². The number of hydrogen-bond donors (Lipinski definition) is 1. The number of benzene rings is 1. The molecule has 1 aliphatic rings. The highest BCUT2D eigenvalue weighted by atomic mass is 32.2. The fourth-order valence-corrected chi connectivity index (χ4v) is 3.19. The summed E-state index contributed by atoms with van der Waals surface area (Å²) in [5, 5.41) is 3.29. The van der Waals surface area contributed by atoms with Crippen LogP contribution in [0, 0.1) is 0 Å². The van der Waals surface area contributed by atoms with Crippen LogP contribution in [0.2, 0.25) is 0 Å². The van der Waals surface area contributed by atoms with Gasteiger partial charge in [0, 0.05) is 33.7 Å². The number of thioether (sulfide) groups is 1. The molecule has 0 aromatic heterocycles. The molecule has 6 heteroatoms. The van der Waals surface area contributed by atoms with Crippen LogP contribution < -0.4 is 5.32 Å². The second-order valence-electron chi connectivity index (χ2n) is 5.36. The highest BCUT2D eigenvalue weighted by molar-refractivity contribution is 7.98. The molecule has 21 heavy (non-hydrogen) atoms. The predicted octanol–water partition coefficient (Wildman–Crippen LogP) is 1.99. The molecule has 1 aromatic rings. The van der Waals surface area contributed by atoms with Crippen LogP contribution in [-0.2, 0) is 15.6 Å². The summed E-state index contributed by atoms with van der Waals surface area (Å²) in [6.07, 6.45) is 3.60. The predicted molar refractivity (Wildman–Crippen MR) is 88.8 cm³/mol. The minimum Gasteiger partial charge on any atom is -0.320 e. The van der Waals surface area contributed by atoms with E-state index in [9.17, 15) is 9.00 Å². The fourth-order valence-electron chi connectivity index (χ4n) is 2.41. The summed E-state index contributed by atoms with van der Waals surface area (Å²) >= 11 is 1.70. The summed E-state index contributed by atoms with van der Waals surface area (Å²) in [6.45, 7) is 4.30. The summed E-state index contributed by atoms with van der Waals surface area (Å²) in [5.41, 5.74) is 1.07. The SMILES string of the molecule is CSc1ccc(C2NC(C)C(=O)N2CC(C)S(C)=O)cc1. The molecule has 4 atom stereocenters. The van der Waals surface area contributed by atoms with Crippen LogP contribution in [0.25, 0.3) is 0 Å². The van der Waals surface area contributed by atoms with Crippen LogP contribution in [0.3, 0.4) is 0 Å². The van der Waals surface area contributed by atoms with E-state index >= 15 is 0 Å². The van der Waals surface area contributed by atoms with Crippen LogP contribution in [0.1, 0.15) is 25.6 Å². The third-order valence-electron chi connectivity index (χ3n) is 3.83. The number of rotatable bonds is 5. The van der Waals surface area contributed by atoms with Crippen molar-refractivity contribution in [3.05, 3.63) is 29.8 Å². The summed E-state index contributed by atoms with van der Waals surface area (Å²) in [5.74, 6) is 0.0752. The molecule has 1 N–H and O–H groups in total. The van der Waals surface area contributed by atoms with Crippen LogP contribution in [0.4, 0.5) is 0 Å². The Labute approximate surface area is 133 Å². The molecule has 0 radical (unpaired) electrons. The van der Waals surface area contributed by atoms with Crippen LogP contribution >= 0.6 is 11.8 Å². The van der Waals surface area contributed by atoms with Gasteiger partial charge in [-0.25, -0.2) is 0 Å². The zero-order valence-electron chi connectivity index (χ0n) is 12.8. The van der Waals surface area contributed by atoms with Gasteiger partial charge in [-0.1, -0.05) is 12.1 Å². The summed E-state index contributed by atoms with van der Waals surface area (Å²) in [7, 11) is -0.934. The first-order valence-corrected chi connectivity index (χ1v) is 9.81. The lowest BCUT2D eigenvalue weighted by Gasteiger charge is -2.26. The van der Waals surface area contributed by atoms with E-state index in [1.54, 1.807) is 18.0 Å². The highest BCUT2D eigenvalue weighted by Crippen LogP contribution is 2.27. The van der Waals surface area contributed by atoms with E-state index in [-0.39, 0.29) is 23.4 Å². The van der Waals surface area contributed by atoms with E-state index in [0.29, 0.717) is 6.54 Å². The zero-order chi connectivity index (χ0) is 15.6. The Morgan fingerprint density at radius 1 is 1.38 bits per heavy atom. The van der Waals surface area contributed by atoms with Crippen LogP contribution in [0.15, 0.2) is 29.2 Å². The maximum Gasteiger partial charge on any atom is 0.241 e. The molecule has 4 unspecified atom stereocenters. The number of amides is 1. The lowest BCUT2D eigenvalue weighted by Crippen LogP contribution is -2.37. The number of carbonyl (C=O) groups excluding carboxylic acids is 1. The molecule has 116 valence electrons. The molecule has 0 aliphatic carbocycles. The van der Waals surface area contributed by atoms with Gasteiger partial charge in [0.2, 0.25) is 5.91 Å². The number of nitrogens with zero attached hydrogens (tertiary/aromatic N) is 1. The molecule has 1 fully saturated rings. The lowest BCUT2D eigenvalue weighted by molar-refractivity contribution is -0.129. The Morgan fingerprint density at radius 3 is 2.52 bits per heavy atom. The largest absolute Gasteiger partial charge is 0.320 e. The van der Waals surface area contributed by atoms with Gasteiger partial charge in [-0.15, -0.1) is 11.8 Å². The molecule has 0 bridgehead atoms. The van der Waals surface area contributed by atoms with Gasteiger partial charge >= 0.3 is 0 Å². The summed E-state index contributed by atoms with van der Waals surface area (Å²) in [4.78, 5) is 15.3. The van der Waals surface area contributed by atoms with Gasteiger partial charge in [0.25, 0.3) is 0 Å². The van der Waals surface area contributed by atoms with E-state index in [0.717, 1.165) is 5.56 Å². The standard InChI is InChI=1S/C15H22N2O2S2/c1-10(21(4)19)9-17-14(16-11(2)15(17)18)12-5-7-13(20-3)8-6-12/h5-8,10-11,14,16H,9H2,1-4H3. The highest BCUT2D eigenvalue weighted by Gasteiger charge is 2.37. The Kier molecular flexibility index (Phi) is 5.46. The van der Waals surface area contributed by atoms with Crippen LogP contribution in [0.5, 0.6) is 0 Å². The van der Waals surface area contributed by atoms with Gasteiger partial charge in [-0.2, -0.15) is 0 Å². The molecule has 4 nitrogen and oxygen atoms in total. The van der Waals surface area contributed by atoms with Crippen molar-refractivity contribution in [1.82, 2.24) is 10.2 Å². The van der Waals surface area contributed by atoms with E-state index in [2.05, 4.69) is 29.6 Å². The Bertz CT molecular complexity index is 533. The normalized spacial score (nSPS) is 25.1. The van der Waals surface area contributed by atoms with Gasteiger partial charge in [-0.05, 0) is 37.8 Å². The van der Waals surface area contributed by atoms with Crippen molar-refractivity contribution < 1.29 is 9.00 Å². The van der Waals surface area contributed by atoms with Gasteiger partial charge in [-0.3, -0.25) is 14.3 Å². The third-order valence-corrected chi connectivity index (χ3v) is 5.85. The molecule has 1 amide bonds. The quantitative estimate of drug-likeness (QED) is 0.841. The van der Waals surface area contributed by atoms with Gasteiger partial charge in [0.15, 0.2) is 0 Å². The van der Waals surface area contributed by atoms with E-state index in [1.807, 2.05) is 25.0 Å². The zero-order valence-corrected chi connectivity index (χ0v) is 14.5. The molecule has 0 saturated carbocycles. The van der Waals surface area contributed by atoms with Gasteiger partial charge < -0.3 is 4.90 Å². The minimum absolute atomic E-state index is 0.0333. The smallest absolute Gasteiger partial charge is 0.241 e. The first-order chi connectivity index (χ1) is 9.93. The second-order valence-corrected chi connectivity index (χ2v) is 8.05. The molecule has 2 rings (SSSR count). The lowest BCUT2D eigenvalue weighted by atomic mass is 10.1. The molecule has 1 aliphatic heterocycles. The van der Waals surface area contributed by atoms with Gasteiger partial charge in [0.05, 0.1) is 6.04 Å². The Balaban J connectivity index is 2.22. The molecule has 1 aromatic carbocycles. The summed E-state index contributed by atoms with van der Waals surface area (Å²) in [6, 6.07) is 8.03. The maximum absolute atomic E-state index is 12.3. The third kappa shape index (κ3) is 3.67. The molecular formula is C15H22N2O2S2. The van der Waals surface area contributed by atoms with Crippen molar-refractivity contribution in [3.8, 4) is 0 Å². The monoisotopic (exact) mass is 326 g/mol. The number of hydrogen-bond acceptors (Lipinski definition) is 4. The average molecular weight is 326 g/mol. The average Bonchev–Trinajstić information content (AvgIpc) is 2.75. The molecule has 1 saturated heterocycles. The Morgan fingerprint density at radius 2 is 2.00 bits per heavy atom.